The lowest BCUT2D eigenvalue weighted by molar-refractivity contribution is -0.134. The molecule has 21 heavy (non-hydrogen) atoms. The molecule has 0 bridgehead atoms. The fraction of sp³-hybridized carbons (Fsp3) is 0.562. The van der Waals surface area contributed by atoms with E-state index in [-0.39, 0.29) is 17.1 Å². The van der Waals surface area contributed by atoms with Gasteiger partial charge in [-0.2, -0.15) is 0 Å². The molecule has 3 rings (SSSR count). The smallest absolute Gasteiger partial charge is 0.228 e. The number of carbonyl (C=O) groups excluding carboxylic acids is 1. The number of carbonyl (C=O) groups is 1. The molecule has 0 radical (unpaired) electrons. The van der Waals surface area contributed by atoms with Gasteiger partial charge in [0.25, 0.3) is 0 Å². The summed E-state index contributed by atoms with van der Waals surface area (Å²) >= 11 is 3.40. The standard InChI is InChI=1S/C16H20BrFN2O/c17-14-5-4-13(18)7-11(14)8-20-15(21)16-6-2-1-3-12(16)9-19-10-16/h4-5,7,12,19H,1-3,6,8-10H2,(H,20,21)/t12-,16+/m0/s1. The first-order chi connectivity index (χ1) is 10.1. The molecule has 2 N–H and O–H groups in total. The summed E-state index contributed by atoms with van der Waals surface area (Å²) in [5, 5.41) is 6.40. The highest BCUT2D eigenvalue weighted by Gasteiger charge is 2.49. The number of halogens is 2. The maximum atomic E-state index is 13.3. The first-order valence-electron chi connectivity index (χ1n) is 7.55. The van der Waals surface area contributed by atoms with Gasteiger partial charge in [0, 0.05) is 17.6 Å². The number of fused-ring (bicyclic) bond motifs is 1. The predicted molar refractivity (Wildman–Crippen MR) is 83.2 cm³/mol. The van der Waals surface area contributed by atoms with E-state index >= 15 is 0 Å². The number of benzene rings is 1. The summed E-state index contributed by atoms with van der Waals surface area (Å²) in [7, 11) is 0. The highest BCUT2D eigenvalue weighted by molar-refractivity contribution is 9.10. The van der Waals surface area contributed by atoms with Crippen molar-refractivity contribution in [2.75, 3.05) is 13.1 Å². The number of amides is 1. The van der Waals surface area contributed by atoms with Gasteiger partial charge in [0.2, 0.25) is 5.91 Å². The van der Waals surface area contributed by atoms with Crippen LogP contribution in [0.1, 0.15) is 31.2 Å². The average molecular weight is 355 g/mol. The Hall–Kier alpha value is -0.940. The van der Waals surface area contributed by atoms with Crippen LogP contribution in [0.5, 0.6) is 0 Å². The van der Waals surface area contributed by atoms with E-state index in [4.69, 9.17) is 0 Å². The Kier molecular flexibility index (Phi) is 4.31. The zero-order valence-corrected chi connectivity index (χ0v) is 13.5. The topological polar surface area (TPSA) is 41.1 Å². The van der Waals surface area contributed by atoms with Crippen LogP contribution in [-0.4, -0.2) is 19.0 Å². The molecule has 5 heteroatoms. The molecular weight excluding hydrogens is 335 g/mol. The summed E-state index contributed by atoms with van der Waals surface area (Å²) in [4.78, 5) is 12.7. The summed E-state index contributed by atoms with van der Waals surface area (Å²) < 4.78 is 14.1. The summed E-state index contributed by atoms with van der Waals surface area (Å²) in [6, 6.07) is 4.55. The molecule has 114 valence electrons. The van der Waals surface area contributed by atoms with Gasteiger partial charge in [0.1, 0.15) is 5.82 Å². The first kappa shape index (κ1) is 15.0. The highest BCUT2D eigenvalue weighted by atomic mass is 79.9. The summed E-state index contributed by atoms with van der Waals surface area (Å²) in [5.41, 5.74) is 0.524. The molecule has 1 saturated carbocycles. The summed E-state index contributed by atoms with van der Waals surface area (Å²) in [5.74, 6) is 0.286. The lowest BCUT2D eigenvalue weighted by Gasteiger charge is -2.37. The van der Waals surface area contributed by atoms with Gasteiger partial charge in [-0.05, 0) is 49.1 Å². The fourth-order valence-electron chi connectivity index (χ4n) is 3.72. The SMILES string of the molecule is O=C(NCc1cc(F)ccc1Br)[C@@]12CCCC[C@H]1CNC2. The second kappa shape index (κ2) is 6.05. The number of rotatable bonds is 3. The molecule has 0 unspecified atom stereocenters. The molecule has 0 aromatic heterocycles. The van der Waals surface area contributed by atoms with Crippen molar-refractivity contribution in [2.45, 2.75) is 32.2 Å². The van der Waals surface area contributed by atoms with Crippen LogP contribution in [0.3, 0.4) is 0 Å². The molecule has 1 saturated heterocycles. The Bertz CT molecular complexity index is 551. The molecule has 2 atom stereocenters. The van der Waals surface area contributed by atoms with Crippen LogP contribution in [0.4, 0.5) is 4.39 Å². The molecule has 1 aromatic carbocycles. The van der Waals surface area contributed by atoms with Gasteiger partial charge in [-0.3, -0.25) is 4.79 Å². The third-order valence-electron chi connectivity index (χ3n) is 4.94. The van der Waals surface area contributed by atoms with Crippen molar-refractivity contribution >= 4 is 21.8 Å². The van der Waals surface area contributed by atoms with Crippen molar-refractivity contribution in [2.24, 2.45) is 11.3 Å². The molecule has 1 amide bonds. The van der Waals surface area contributed by atoms with Crippen LogP contribution in [0.15, 0.2) is 22.7 Å². The van der Waals surface area contributed by atoms with Crippen molar-refractivity contribution in [1.29, 1.82) is 0 Å². The summed E-state index contributed by atoms with van der Waals surface area (Å²) in [6.07, 6.45) is 4.43. The van der Waals surface area contributed by atoms with Crippen LogP contribution < -0.4 is 10.6 Å². The van der Waals surface area contributed by atoms with Crippen LogP contribution in [0.25, 0.3) is 0 Å². The Morgan fingerprint density at radius 2 is 2.33 bits per heavy atom. The highest BCUT2D eigenvalue weighted by Crippen LogP contribution is 2.43. The second-order valence-electron chi connectivity index (χ2n) is 6.15. The van der Waals surface area contributed by atoms with Gasteiger partial charge in [-0.15, -0.1) is 0 Å². The molecule has 2 fully saturated rings. The van der Waals surface area contributed by atoms with Gasteiger partial charge >= 0.3 is 0 Å². The van der Waals surface area contributed by atoms with Gasteiger partial charge in [0.15, 0.2) is 0 Å². The Labute approximate surface area is 132 Å². The molecule has 2 aliphatic rings. The van der Waals surface area contributed by atoms with Gasteiger partial charge < -0.3 is 10.6 Å². The van der Waals surface area contributed by atoms with E-state index in [1.54, 1.807) is 6.07 Å². The first-order valence-corrected chi connectivity index (χ1v) is 8.34. The largest absolute Gasteiger partial charge is 0.351 e. The Balaban J connectivity index is 1.70. The fourth-order valence-corrected chi connectivity index (χ4v) is 4.11. The summed E-state index contributed by atoms with van der Waals surface area (Å²) in [6.45, 7) is 2.08. The van der Waals surface area contributed by atoms with Gasteiger partial charge in [0.05, 0.1) is 5.41 Å². The van der Waals surface area contributed by atoms with Crippen molar-refractivity contribution in [3.05, 3.63) is 34.1 Å². The van der Waals surface area contributed by atoms with Gasteiger partial charge in [-0.25, -0.2) is 4.39 Å². The van der Waals surface area contributed by atoms with Crippen LogP contribution in [-0.2, 0) is 11.3 Å². The zero-order valence-electron chi connectivity index (χ0n) is 11.9. The minimum absolute atomic E-state index is 0.119. The van der Waals surface area contributed by atoms with E-state index in [9.17, 15) is 9.18 Å². The third-order valence-corrected chi connectivity index (χ3v) is 5.71. The minimum atomic E-state index is -0.279. The third kappa shape index (κ3) is 2.86. The van der Waals surface area contributed by atoms with E-state index in [0.717, 1.165) is 42.4 Å². The van der Waals surface area contributed by atoms with Gasteiger partial charge in [-0.1, -0.05) is 28.8 Å². The van der Waals surface area contributed by atoms with E-state index in [0.29, 0.717) is 12.5 Å². The molecule has 1 heterocycles. The van der Waals surface area contributed by atoms with Crippen LogP contribution in [0, 0.1) is 17.2 Å². The Morgan fingerprint density at radius 1 is 1.48 bits per heavy atom. The van der Waals surface area contributed by atoms with E-state index < -0.39 is 0 Å². The monoisotopic (exact) mass is 354 g/mol. The molecule has 3 nitrogen and oxygen atoms in total. The molecule has 1 aliphatic heterocycles. The molecule has 1 aliphatic carbocycles. The lowest BCUT2D eigenvalue weighted by atomic mass is 9.67. The van der Waals surface area contributed by atoms with E-state index in [2.05, 4.69) is 26.6 Å². The average Bonchev–Trinajstić information content (AvgIpc) is 2.93. The lowest BCUT2D eigenvalue weighted by Crippen LogP contribution is -2.47. The van der Waals surface area contributed by atoms with Crippen molar-refractivity contribution < 1.29 is 9.18 Å². The Morgan fingerprint density at radius 3 is 3.19 bits per heavy atom. The number of hydrogen-bond acceptors (Lipinski definition) is 2. The van der Waals surface area contributed by atoms with Crippen molar-refractivity contribution in [3.63, 3.8) is 0 Å². The molecule has 1 aromatic rings. The molecule has 0 spiro atoms. The quantitative estimate of drug-likeness (QED) is 0.875. The predicted octanol–water partition coefficient (Wildman–Crippen LogP) is 2.98. The van der Waals surface area contributed by atoms with Crippen LogP contribution >= 0.6 is 15.9 Å². The minimum Gasteiger partial charge on any atom is -0.351 e. The molecular formula is C16H20BrFN2O. The van der Waals surface area contributed by atoms with E-state index in [1.165, 1.54) is 18.6 Å². The van der Waals surface area contributed by atoms with Crippen molar-refractivity contribution in [3.8, 4) is 0 Å². The maximum Gasteiger partial charge on any atom is 0.228 e. The maximum absolute atomic E-state index is 13.3. The van der Waals surface area contributed by atoms with Crippen molar-refractivity contribution in [1.82, 2.24) is 10.6 Å². The number of hydrogen-bond donors (Lipinski definition) is 2. The van der Waals surface area contributed by atoms with Crippen LogP contribution in [0.2, 0.25) is 0 Å². The van der Waals surface area contributed by atoms with E-state index in [1.807, 2.05) is 0 Å². The normalized spacial score (nSPS) is 28.2. The zero-order chi connectivity index (χ0) is 14.9. The second-order valence-corrected chi connectivity index (χ2v) is 7.00. The number of nitrogens with one attached hydrogen (secondary N) is 2.